The van der Waals surface area contributed by atoms with E-state index in [0.29, 0.717) is 7.35 Å². The van der Waals surface area contributed by atoms with Crippen molar-refractivity contribution < 1.29 is 19.1 Å². The molecule has 0 fully saturated rings. The number of rotatable bonds is 3. The van der Waals surface area contributed by atoms with Gasteiger partial charge in [-0.15, -0.1) is 24.8 Å². The van der Waals surface area contributed by atoms with Gasteiger partial charge in [0, 0.05) is 0 Å². The van der Waals surface area contributed by atoms with Crippen molar-refractivity contribution >= 4 is 47.7 Å². The van der Waals surface area contributed by atoms with Crippen LogP contribution in [-0.4, -0.2) is 7.43 Å². The molecule has 3 aromatic rings. The number of hydrogen-bond donors (Lipinski definition) is 0. The Bertz CT molecular complexity index is 968. The number of halogens is 2. The average Bonchev–Trinajstić information content (AvgIpc) is 3.33. The van der Waals surface area contributed by atoms with Crippen LogP contribution >= 0.6 is 24.8 Å². The monoisotopic (exact) mass is 590 g/mol. The van der Waals surface area contributed by atoms with Gasteiger partial charge < -0.3 is 0 Å². The molecule has 0 radical (unpaired) electrons. The van der Waals surface area contributed by atoms with Gasteiger partial charge in [0.15, 0.2) is 0 Å². The zero-order valence-electron chi connectivity index (χ0n) is 15.8. The molecule has 0 bridgehead atoms. The van der Waals surface area contributed by atoms with Crippen molar-refractivity contribution in [2.24, 2.45) is 0 Å². The van der Waals surface area contributed by atoms with Crippen molar-refractivity contribution in [3.8, 4) is 0 Å². The van der Waals surface area contributed by atoms with Crippen LogP contribution in [0.1, 0.15) is 29.6 Å². The quantitative estimate of drug-likeness (QED) is 0.372. The van der Waals surface area contributed by atoms with Gasteiger partial charge >= 0.3 is 163 Å². The summed E-state index contributed by atoms with van der Waals surface area (Å²) >= 11 is -2.94. The number of hydrogen-bond acceptors (Lipinski definition) is 0. The maximum atomic E-state index is 2.54. The average molecular weight is 590 g/mol. The van der Waals surface area contributed by atoms with E-state index in [9.17, 15) is 0 Å². The standard InChI is InChI=1S/2C9H7.C6H5.2ClH.Hf.H3Si/c2*1-2-5-9-7-3-6-8(9)4-1;1-2-4-6-5-3-1;;;;/h2*1-7H;1-5H;2*1H;;1H3. The van der Waals surface area contributed by atoms with Crippen LogP contribution in [0, 0.1) is 0 Å². The molecule has 4 heteroatoms. The van der Waals surface area contributed by atoms with E-state index in [1.807, 2.05) is 0 Å². The molecule has 0 aliphatic heterocycles. The third-order valence-corrected chi connectivity index (χ3v) is 39.8. The van der Waals surface area contributed by atoms with Crippen LogP contribution in [0.5, 0.6) is 0 Å². The van der Waals surface area contributed by atoms with Gasteiger partial charge in [0.05, 0.1) is 0 Å². The fraction of sp³-hybridized carbons (Fsp3) is 0.0833. The van der Waals surface area contributed by atoms with Crippen molar-refractivity contribution in [3.63, 3.8) is 0 Å². The Balaban J connectivity index is 0.00000112. The molecule has 3 aromatic carbocycles. The Morgan fingerprint density at radius 1 is 0.571 bits per heavy atom. The number of benzene rings is 3. The minimum atomic E-state index is -2.94. The summed E-state index contributed by atoms with van der Waals surface area (Å²) in [6, 6.07) is 29.6. The van der Waals surface area contributed by atoms with E-state index in [1.165, 1.54) is 18.6 Å². The molecule has 0 saturated carbocycles. The van der Waals surface area contributed by atoms with E-state index in [-0.39, 0.29) is 24.8 Å². The zero-order chi connectivity index (χ0) is 17.6. The summed E-state index contributed by atoms with van der Waals surface area (Å²) in [5.41, 5.74) is 6.02. The molecular formula is C24H24Cl2HfSi. The van der Waals surface area contributed by atoms with Gasteiger partial charge in [-0.05, 0) is 0 Å². The molecule has 142 valence electrons. The van der Waals surface area contributed by atoms with Crippen LogP contribution < -0.4 is 3.32 Å². The van der Waals surface area contributed by atoms with E-state index in [1.54, 1.807) is 14.4 Å². The molecule has 2 atom stereocenters. The van der Waals surface area contributed by atoms with E-state index in [0.717, 1.165) is 0 Å². The maximum absolute atomic E-state index is 2.94. The van der Waals surface area contributed by atoms with Crippen molar-refractivity contribution in [1.29, 1.82) is 0 Å². The van der Waals surface area contributed by atoms with Crippen LogP contribution in [0.25, 0.3) is 12.2 Å². The molecule has 0 saturated heterocycles. The molecule has 0 amide bonds. The zero-order valence-corrected chi connectivity index (χ0v) is 23.0. The minimum absolute atomic E-state index is 0. The summed E-state index contributed by atoms with van der Waals surface area (Å²) in [4.78, 5) is 0. The van der Waals surface area contributed by atoms with Crippen LogP contribution in [0.3, 0.4) is 0 Å². The van der Waals surface area contributed by atoms with Crippen LogP contribution in [0.4, 0.5) is 0 Å². The topological polar surface area (TPSA) is 0 Å². The Morgan fingerprint density at radius 3 is 1.50 bits per heavy atom. The molecule has 2 aliphatic carbocycles. The second kappa shape index (κ2) is 8.67. The summed E-state index contributed by atoms with van der Waals surface area (Å²) in [5.74, 6) is 0. The fourth-order valence-corrected chi connectivity index (χ4v) is 33.2. The second-order valence-electron chi connectivity index (χ2n) is 7.58. The fourth-order valence-electron chi connectivity index (χ4n) is 4.89. The molecule has 0 N–H and O–H groups in total. The van der Waals surface area contributed by atoms with Gasteiger partial charge in [-0.2, -0.15) is 0 Å². The van der Waals surface area contributed by atoms with E-state index >= 15 is 0 Å². The molecule has 2 aliphatic rings. The van der Waals surface area contributed by atoms with Gasteiger partial charge in [-0.25, -0.2) is 0 Å². The Kier molecular flexibility index (Phi) is 6.66. The molecule has 0 nitrogen and oxygen atoms in total. The third-order valence-electron chi connectivity index (χ3n) is 6.29. The predicted octanol–water partition coefficient (Wildman–Crippen LogP) is 5.13. The van der Waals surface area contributed by atoms with Crippen molar-refractivity contribution in [2.45, 2.75) is 7.35 Å². The summed E-state index contributed by atoms with van der Waals surface area (Å²) in [6.45, 7) is 0. The Morgan fingerprint density at radius 2 is 1.00 bits per heavy atom. The molecule has 5 rings (SSSR count). The van der Waals surface area contributed by atoms with E-state index in [2.05, 4.69) is 103 Å². The van der Waals surface area contributed by atoms with E-state index < -0.39 is 19.1 Å². The first kappa shape index (κ1) is 21.5. The SMILES string of the molecule is Cl.Cl.[SiH3][Hf]([c]1ccccc1)([CH]1C=Cc2ccccc21)[CH]1C=Cc2ccccc21. The summed E-state index contributed by atoms with van der Waals surface area (Å²) < 4.78 is 2.98. The molecule has 2 unspecified atom stereocenters. The number of allylic oxidation sites excluding steroid dienone is 2. The Hall–Kier alpha value is -1.19. The molecule has 0 heterocycles. The van der Waals surface area contributed by atoms with Gasteiger partial charge in [-0.3, -0.25) is 0 Å². The first-order valence-corrected chi connectivity index (χ1v) is 27.1. The Labute approximate surface area is 186 Å². The van der Waals surface area contributed by atoms with Crippen LogP contribution in [-0.2, 0) is 19.1 Å². The van der Waals surface area contributed by atoms with Crippen molar-refractivity contribution in [3.05, 3.63) is 113 Å². The first-order chi connectivity index (χ1) is 12.8. The van der Waals surface area contributed by atoms with Gasteiger partial charge in [0.2, 0.25) is 0 Å². The predicted molar refractivity (Wildman–Crippen MR) is 127 cm³/mol. The van der Waals surface area contributed by atoms with Crippen molar-refractivity contribution in [2.75, 3.05) is 0 Å². The van der Waals surface area contributed by atoms with E-state index in [4.69, 9.17) is 0 Å². The van der Waals surface area contributed by atoms with Crippen LogP contribution in [0.2, 0.25) is 0 Å². The van der Waals surface area contributed by atoms with Gasteiger partial charge in [-0.1, -0.05) is 0 Å². The van der Waals surface area contributed by atoms with Gasteiger partial charge in [0.1, 0.15) is 0 Å². The van der Waals surface area contributed by atoms with Gasteiger partial charge in [0.25, 0.3) is 0 Å². The normalized spacial score (nSPS) is 20.6. The van der Waals surface area contributed by atoms with Crippen LogP contribution in [0.15, 0.2) is 91.0 Å². The molecule has 0 aromatic heterocycles. The first-order valence-electron chi connectivity index (χ1n) is 9.38. The molecule has 0 spiro atoms. The summed E-state index contributed by atoms with van der Waals surface area (Å²) in [5, 5.41) is 0. The molecule has 28 heavy (non-hydrogen) atoms. The molecular weight excluding hydrogens is 566 g/mol. The van der Waals surface area contributed by atoms with Crippen molar-refractivity contribution in [1.82, 2.24) is 0 Å². The number of fused-ring (bicyclic) bond motifs is 2. The second-order valence-corrected chi connectivity index (χ2v) is 36.9. The summed E-state index contributed by atoms with van der Waals surface area (Å²) in [7, 11) is 1.30. The summed E-state index contributed by atoms with van der Waals surface area (Å²) in [6.07, 6.45) is 9.84. The third kappa shape index (κ3) is 3.35.